The van der Waals surface area contributed by atoms with Crippen LogP contribution in [0.25, 0.3) is 0 Å². The Kier molecular flexibility index (Phi) is 3.93. The summed E-state index contributed by atoms with van der Waals surface area (Å²) >= 11 is 0. The van der Waals surface area contributed by atoms with Gasteiger partial charge in [-0.3, -0.25) is 9.59 Å². The zero-order chi connectivity index (χ0) is 15.8. The predicted octanol–water partition coefficient (Wildman–Crippen LogP) is 2.35. The Balaban J connectivity index is 2.14. The molecule has 0 radical (unpaired) electrons. The van der Waals surface area contributed by atoms with Crippen molar-refractivity contribution in [2.24, 2.45) is 5.92 Å². The Bertz CT molecular complexity index is 571. The molecule has 0 heterocycles. The smallest absolute Gasteiger partial charge is 0.416 e. The summed E-state index contributed by atoms with van der Waals surface area (Å²) in [5, 5.41) is 8.63. The Morgan fingerprint density at radius 1 is 1.33 bits per heavy atom. The summed E-state index contributed by atoms with van der Waals surface area (Å²) < 4.78 is 38.8. The van der Waals surface area contributed by atoms with Crippen molar-refractivity contribution >= 4 is 11.9 Å². The molecule has 1 aliphatic carbocycles. The van der Waals surface area contributed by atoms with Crippen molar-refractivity contribution in [3.8, 4) is 0 Å². The highest BCUT2D eigenvalue weighted by molar-refractivity contribution is 5.86. The minimum atomic E-state index is -4.46. The number of rotatable bonds is 4. The lowest BCUT2D eigenvalue weighted by Gasteiger charge is -2.15. The molecule has 0 aromatic heterocycles. The first kappa shape index (κ1) is 15.3. The highest BCUT2D eigenvalue weighted by Gasteiger charge is 2.48. The minimum Gasteiger partial charge on any atom is -0.480 e. The maximum Gasteiger partial charge on any atom is 0.416 e. The third kappa shape index (κ3) is 3.34. The molecular formula is C14H14F3NO3. The molecule has 1 N–H and O–H groups in total. The molecule has 1 saturated carbocycles. The van der Waals surface area contributed by atoms with E-state index in [0.29, 0.717) is 6.42 Å². The standard InChI is InChI=1S/C14H14F3NO3/c1-18(7-12(19)20)13(21)10-6-9(10)8-4-2-3-5-11(8)14(15,16)17/h2-5,9-10H,6-7H2,1H3,(H,19,20)/t9-,10-/m0/s1. The fourth-order valence-corrected chi connectivity index (χ4v) is 2.45. The van der Waals surface area contributed by atoms with E-state index in [4.69, 9.17) is 5.11 Å². The number of carbonyl (C=O) groups excluding carboxylic acids is 1. The van der Waals surface area contributed by atoms with Gasteiger partial charge in [0.05, 0.1) is 5.56 Å². The molecule has 1 fully saturated rings. The van der Waals surface area contributed by atoms with Gasteiger partial charge in [-0.05, 0) is 24.0 Å². The van der Waals surface area contributed by atoms with Crippen molar-refractivity contribution in [1.29, 1.82) is 0 Å². The summed E-state index contributed by atoms with van der Waals surface area (Å²) in [7, 11) is 1.33. The number of benzene rings is 1. The van der Waals surface area contributed by atoms with E-state index >= 15 is 0 Å². The minimum absolute atomic E-state index is 0.104. The maximum atomic E-state index is 12.9. The topological polar surface area (TPSA) is 57.6 Å². The Labute approximate surface area is 119 Å². The van der Waals surface area contributed by atoms with Gasteiger partial charge in [0, 0.05) is 13.0 Å². The largest absolute Gasteiger partial charge is 0.480 e. The van der Waals surface area contributed by atoms with Crippen LogP contribution in [0.2, 0.25) is 0 Å². The van der Waals surface area contributed by atoms with E-state index in [9.17, 15) is 22.8 Å². The van der Waals surface area contributed by atoms with Crippen molar-refractivity contribution in [2.45, 2.75) is 18.5 Å². The number of amides is 1. The average molecular weight is 301 g/mol. The van der Waals surface area contributed by atoms with Gasteiger partial charge in [-0.1, -0.05) is 18.2 Å². The van der Waals surface area contributed by atoms with Crippen LogP contribution in [0.4, 0.5) is 13.2 Å². The second-order valence-corrected chi connectivity index (χ2v) is 5.12. The average Bonchev–Trinajstić information content (AvgIpc) is 3.16. The van der Waals surface area contributed by atoms with E-state index in [1.165, 1.54) is 25.2 Å². The van der Waals surface area contributed by atoms with E-state index in [-0.39, 0.29) is 5.56 Å². The molecule has 21 heavy (non-hydrogen) atoms. The summed E-state index contributed by atoms with van der Waals surface area (Å²) in [4.78, 5) is 23.5. The van der Waals surface area contributed by atoms with Gasteiger partial charge in [-0.15, -0.1) is 0 Å². The third-order valence-electron chi connectivity index (χ3n) is 3.52. The molecule has 0 spiro atoms. The van der Waals surface area contributed by atoms with E-state index < -0.39 is 42.0 Å². The molecule has 0 aliphatic heterocycles. The number of halogens is 3. The van der Waals surface area contributed by atoms with Crippen molar-refractivity contribution < 1.29 is 27.9 Å². The number of carboxylic acid groups (broad SMARTS) is 1. The van der Waals surface area contributed by atoms with Crippen LogP contribution in [-0.2, 0) is 15.8 Å². The number of aliphatic carboxylic acids is 1. The zero-order valence-electron chi connectivity index (χ0n) is 11.2. The Hall–Kier alpha value is -2.05. The van der Waals surface area contributed by atoms with Gasteiger partial charge >= 0.3 is 12.1 Å². The number of hydrogen-bond donors (Lipinski definition) is 1. The zero-order valence-corrected chi connectivity index (χ0v) is 11.2. The lowest BCUT2D eigenvalue weighted by atomic mass is 10.0. The SMILES string of the molecule is CN(CC(=O)O)C(=O)[C@H]1C[C@H]1c1ccccc1C(F)(F)F. The second-order valence-electron chi connectivity index (χ2n) is 5.12. The van der Waals surface area contributed by atoms with Crippen molar-refractivity contribution in [3.05, 3.63) is 35.4 Å². The van der Waals surface area contributed by atoms with Crippen LogP contribution in [0.5, 0.6) is 0 Å². The van der Waals surface area contributed by atoms with E-state index in [0.717, 1.165) is 11.0 Å². The quantitative estimate of drug-likeness (QED) is 0.928. The lowest BCUT2D eigenvalue weighted by molar-refractivity contribution is -0.144. The molecule has 1 aromatic carbocycles. The molecule has 0 unspecified atom stereocenters. The van der Waals surface area contributed by atoms with Crippen molar-refractivity contribution in [3.63, 3.8) is 0 Å². The molecule has 1 amide bonds. The maximum absolute atomic E-state index is 12.9. The van der Waals surface area contributed by atoms with Gasteiger partial charge in [-0.25, -0.2) is 0 Å². The molecule has 0 bridgehead atoms. The summed E-state index contributed by atoms with van der Waals surface area (Å²) in [6.45, 7) is -0.455. The molecule has 4 nitrogen and oxygen atoms in total. The van der Waals surface area contributed by atoms with Gasteiger partial charge < -0.3 is 10.0 Å². The lowest BCUT2D eigenvalue weighted by Crippen LogP contribution is -2.33. The van der Waals surface area contributed by atoms with Crippen molar-refractivity contribution in [1.82, 2.24) is 4.90 Å². The summed E-state index contributed by atoms with van der Waals surface area (Å²) in [5.74, 6) is -2.65. The molecule has 1 aromatic rings. The number of carboxylic acids is 1. The van der Waals surface area contributed by atoms with E-state index in [1.54, 1.807) is 0 Å². The van der Waals surface area contributed by atoms with Crippen LogP contribution in [0.3, 0.4) is 0 Å². The fourth-order valence-electron chi connectivity index (χ4n) is 2.45. The number of nitrogens with zero attached hydrogens (tertiary/aromatic N) is 1. The van der Waals surface area contributed by atoms with Crippen LogP contribution in [0.1, 0.15) is 23.5 Å². The van der Waals surface area contributed by atoms with Crippen molar-refractivity contribution in [2.75, 3.05) is 13.6 Å². The predicted molar refractivity (Wildman–Crippen MR) is 67.6 cm³/mol. The first-order valence-electron chi connectivity index (χ1n) is 6.34. The first-order chi connectivity index (χ1) is 9.71. The number of carbonyl (C=O) groups is 2. The van der Waals surface area contributed by atoms with Gasteiger partial charge in [0.2, 0.25) is 5.91 Å². The number of alkyl halides is 3. The monoisotopic (exact) mass is 301 g/mol. The van der Waals surface area contributed by atoms with Gasteiger partial charge in [0.15, 0.2) is 0 Å². The third-order valence-corrected chi connectivity index (χ3v) is 3.52. The van der Waals surface area contributed by atoms with Crippen LogP contribution in [0.15, 0.2) is 24.3 Å². The first-order valence-corrected chi connectivity index (χ1v) is 6.34. The van der Waals surface area contributed by atoms with E-state index in [1.807, 2.05) is 0 Å². The molecule has 2 atom stereocenters. The molecular weight excluding hydrogens is 287 g/mol. The van der Waals surface area contributed by atoms with Gasteiger partial charge in [-0.2, -0.15) is 13.2 Å². The summed E-state index contributed by atoms with van der Waals surface area (Å²) in [5.41, 5.74) is -0.627. The fraction of sp³-hybridized carbons (Fsp3) is 0.429. The molecule has 7 heteroatoms. The Morgan fingerprint density at radius 2 is 1.95 bits per heavy atom. The van der Waals surface area contributed by atoms with Crippen LogP contribution >= 0.6 is 0 Å². The highest BCUT2D eigenvalue weighted by Crippen LogP contribution is 2.51. The highest BCUT2D eigenvalue weighted by atomic mass is 19.4. The number of hydrogen-bond acceptors (Lipinski definition) is 2. The molecule has 0 saturated heterocycles. The van der Waals surface area contributed by atoms with E-state index in [2.05, 4.69) is 0 Å². The van der Waals surface area contributed by atoms with Crippen LogP contribution in [-0.4, -0.2) is 35.5 Å². The number of likely N-dealkylation sites (N-methyl/N-ethyl adjacent to an activating group) is 1. The van der Waals surface area contributed by atoms with Crippen LogP contribution in [0, 0.1) is 5.92 Å². The normalized spacial score (nSPS) is 21.0. The van der Waals surface area contributed by atoms with Gasteiger partial charge in [0.1, 0.15) is 6.54 Å². The summed E-state index contributed by atoms with van der Waals surface area (Å²) in [6.07, 6.45) is -4.14. The van der Waals surface area contributed by atoms with Crippen LogP contribution < -0.4 is 0 Å². The summed E-state index contributed by atoms with van der Waals surface area (Å²) in [6, 6.07) is 5.18. The second kappa shape index (κ2) is 5.38. The molecule has 114 valence electrons. The molecule has 1 aliphatic rings. The Morgan fingerprint density at radius 3 is 2.52 bits per heavy atom. The van der Waals surface area contributed by atoms with Gasteiger partial charge in [0.25, 0.3) is 0 Å². The molecule has 2 rings (SSSR count).